The van der Waals surface area contributed by atoms with Gasteiger partial charge in [0.05, 0.1) is 12.4 Å². The molecule has 0 atom stereocenters. The SMILES string of the molecule is C/C=C/Oc1ccc(C2CCC(C3CCC(OCCCC)CC3)CC2)c(F)c1F. The molecule has 0 heterocycles. The van der Waals surface area contributed by atoms with E-state index >= 15 is 0 Å². The van der Waals surface area contributed by atoms with Crippen molar-refractivity contribution in [2.75, 3.05) is 6.61 Å². The highest BCUT2D eigenvalue weighted by molar-refractivity contribution is 5.33. The van der Waals surface area contributed by atoms with Crippen LogP contribution in [-0.4, -0.2) is 12.7 Å². The van der Waals surface area contributed by atoms with Crippen LogP contribution in [0.15, 0.2) is 24.5 Å². The highest BCUT2D eigenvalue weighted by Crippen LogP contribution is 2.44. The van der Waals surface area contributed by atoms with E-state index in [1.165, 1.54) is 38.4 Å². The van der Waals surface area contributed by atoms with Crippen molar-refractivity contribution >= 4 is 0 Å². The topological polar surface area (TPSA) is 18.5 Å². The monoisotopic (exact) mass is 406 g/mol. The second-order valence-electron chi connectivity index (χ2n) is 8.74. The number of rotatable bonds is 8. The summed E-state index contributed by atoms with van der Waals surface area (Å²) < 4.78 is 40.1. The molecule has 2 nitrogen and oxygen atoms in total. The van der Waals surface area contributed by atoms with Gasteiger partial charge in [-0.2, -0.15) is 4.39 Å². The average Bonchev–Trinajstić information content (AvgIpc) is 2.76. The minimum atomic E-state index is -0.871. The van der Waals surface area contributed by atoms with Gasteiger partial charge in [0.15, 0.2) is 11.6 Å². The van der Waals surface area contributed by atoms with Gasteiger partial charge < -0.3 is 9.47 Å². The predicted octanol–water partition coefficient (Wildman–Crippen LogP) is 7.53. The lowest BCUT2D eigenvalue weighted by Crippen LogP contribution is -2.28. The highest BCUT2D eigenvalue weighted by atomic mass is 19.2. The van der Waals surface area contributed by atoms with E-state index in [2.05, 4.69) is 6.92 Å². The number of halogens is 2. The maximum absolute atomic E-state index is 14.6. The first-order valence-electron chi connectivity index (χ1n) is 11.5. The molecule has 0 spiro atoms. The zero-order valence-corrected chi connectivity index (χ0v) is 18.0. The Labute approximate surface area is 174 Å². The van der Waals surface area contributed by atoms with Crippen LogP contribution in [0.1, 0.15) is 89.5 Å². The Kier molecular flexibility index (Phi) is 8.53. The first-order chi connectivity index (χ1) is 14.1. The Morgan fingerprint density at radius 1 is 0.931 bits per heavy atom. The van der Waals surface area contributed by atoms with E-state index in [1.54, 1.807) is 25.1 Å². The molecule has 0 N–H and O–H groups in total. The molecule has 4 heteroatoms. The van der Waals surface area contributed by atoms with Gasteiger partial charge in [0.25, 0.3) is 0 Å². The minimum absolute atomic E-state index is 0.0454. The molecule has 1 aromatic rings. The van der Waals surface area contributed by atoms with Crippen molar-refractivity contribution in [3.8, 4) is 5.75 Å². The summed E-state index contributed by atoms with van der Waals surface area (Å²) in [6.45, 7) is 4.87. The molecular weight excluding hydrogens is 370 g/mol. The van der Waals surface area contributed by atoms with Gasteiger partial charge in [0.2, 0.25) is 5.82 Å². The molecule has 0 amide bonds. The van der Waals surface area contributed by atoms with Crippen LogP contribution in [0.2, 0.25) is 0 Å². The van der Waals surface area contributed by atoms with Gasteiger partial charge in [-0.3, -0.25) is 0 Å². The van der Waals surface area contributed by atoms with Gasteiger partial charge in [0.1, 0.15) is 0 Å². The summed E-state index contributed by atoms with van der Waals surface area (Å²) in [4.78, 5) is 0. The van der Waals surface area contributed by atoms with Crippen molar-refractivity contribution in [1.29, 1.82) is 0 Å². The van der Waals surface area contributed by atoms with Crippen LogP contribution < -0.4 is 4.74 Å². The smallest absolute Gasteiger partial charge is 0.201 e. The number of unbranched alkanes of at least 4 members (excludes halogenated alkanes) is 1. The van der Waals surface area contributed by atoms with Gasteiger partial charge in [-0.15, -0.1) is 0 Å². The second-order valence-corrected chi connectivity index (χ2v) is 8.74. The second kappa shape index (κ2) is 11.1. The Morgan fingerprint density at radius 2 is 1.59 bits per heavy atom. The standard InChI is InChI=1S/C25H36F2O2/c1-3-5-17-28-21-12-10-19(11-13-21)18-6-8-20(9-7-18)22-14-15-23(29-16-4-2)25(27)24(22)26/h4,14-16,18-21H,3,5-13,17H2,1-2H3/b16-4+. The van der Waals surface area contributed by atoms with Crippen LogP contribution in [0.3, 0.4) is 0 Å². The maximum atomic E-state index is 14.6. The van der Waals surface area contributed by atoms with Gasteiger partial charge in [-0.25, -0.2) is 4.39 Å². The summed E-state index contributed by atoms with van der Waals surface area (Å²) >= 11 is 0. The largest absolute Gasteiger partial charge is 0.462 e. The van der Waals surface area contributed by atoms with Crippen LogP contribution in [-0.2, 0) is 4.74 Å². The van der Waals surface area contributed by atoms with E-state index in [1.807, 2.05) is 0 Å². The fraction of sp³-hybridized carbons (Fsp3) is 0.680. The maximum Gasteiger partial charge on any atom is 0.201 e. The Balaban J connectivity index is 1.49. The highest BCUT2D eigenvalue weighted by Gasteiger charge is 2.32. The van der Waals surface area contributed by atoms with Crippen molar-refractivity contribution < 1.29 is 18.3 Å². The van der Waals surface area contributed by atoms with E-state index in [0.29, 0.717) is 11.7 Å². The molecule has 2 saturated carbocycles. The van der Waals surface area contributed by atoms with E-state index in [4.69, 9.17) is 9.47 Å². The molecule has 29 heavy (non-hydrogen) atoms. The van der Waals surface area contributed by atoms with Crippen LogP contribution >= 0.6 is 0 Å². The predicted molar refractivity (Wildman–Crippen MR) is 113 cm³/mol. The first-order valence-corrected chi connectivity index (χ1v) is 11.5. The summed E-state index contributed by atoms with van der Waals surface area (Å²) in [5, 5.41) is 0. The number of hydrogen-bond acceptors (Lipinski definition) is 2. The number of benzene rings is 1. The Hall–Kier alpha value is -1.42. The summed E-state index contributed by atoms with van der Waals surface area (Å²) in [7, 11) is 0. The lowest BCUT2D eigenvalue weighted by molar-refractivity contribution is 0.00672. The summed E-state index contributed by atoms with van der Waals surface area (Å²) in [5.74, 6) is -0.0290. The molecule has 0 aliphatic heterocycles. The molecule has 1 aromatic carbocycles. The Morgan fingerprint density at radius 3 is 2.21 bits per heavy atom. The molecule has 0 radical (unpaired) electrons. The van der Waals surface area contributed by atoms with Crippen molar-refractivity contribution in [1.82, 2.24) is 0 Å². The quantitative estimate of drug-likeness (QED) is 0.328. The van der Waals surface area contributed by atoms with Gasteiger partial charge in [-0.1, -0.05) is 25.5 Å². The zero-order chi connectivity index (χ0) is 20.6. The number of hydrogen-bond donors (Lipinski definition) is 0. The lowest BCUT2D eigenvalue weighted by Gasteiger charge is -2.38. The summed E-state index contributed by atoms with van der Waals surface area (Å²) in [5.41, 5.74) is 0.516. The van der Waals surface area contributed by atoms with Crippen LogP contribution in [0.25, 0.3) is 0 Å². The van der Waals surface area contributed by atoms with Crippen LogP contribution in [0.4, 0.5) is 8.78 Å². The molecular formula is C25H36F2O2. The molecule has 2 aliphatic carbocycles. The molecule has 0 aromatic heterocycles. The zero-order valence-electron chi connectivity index (χ0n) is 18.0. The van der Waals surface area contributed by atoms with Gasteiger partial charge in [-0.05, 0) is 94.1 Å². The third-order valence-electron chi connectivity index (χ3n) is 6.86. The summed E-state index contributed by atoms with van der Waals surface area (Å²) in [6.07, 6.45) is 14.8. The minimum Gasteiger partial charge on any atom is -0.462 e. The van der Waals surface area contributed by atoms with Gasteiger partial charge >= 0.3 is 0 Å². The van der Waals surface area contributed by atoms with E-state index in [0.717, 1.165) is 50.5 Å². The lowest BCUT2D eigenvalue weighted by atomic mass is 9.69. The number of allylic oxidation sites excluding steroid dienone is 1. The fourth-order valence-electron chi connectivity index (χ4n) is 5.12. The third kappa shape index (κ3) is 5.81. The summed E-state index contributed by atoms with van der Waals surface area (Å²) in [6, 6.07) is 3.26. The molecule has 0 bridgehead atoms. The molecule has 2 fully saturated rings. The fourth-order valence-corrected chi connectivity index (χ4v) is 5.12. The van der Waals surface area contributed by atoms with Gasteiger partial charge in [0, 0.05) is 6.61 Å². The van der Waals surface area contributed by atoms with Crippen LogP contribution in [0.5, 0.6) is 5.75 Å². The van der Waals surface area contributed by atoms with E-state index in [-0.39, 0.29) is 11.7 Å². The van der Waals surface area contributed by atoms with E-state index < -0.39 is 11.6 Å². The molecule has 0 unspecified atom stereocenters. The average molecular weight is 407 g/mol. The Bertz CT molecular complexity index is 657. The van der Waals surface area contributed by atoms with E-state index in [9.17, 15) is 8.78 Å². The van der Waals surface area contributed by atoms with Crippen molar-refractivity contribution in [2.24, 2.45) is 11.8 Å². The van der Waals surface area contributed by atoms with Crippen molar-refractivity contribution in [3.63, 3.8) is 0 Å². The van der Waals surface area contributed by atoms with Crippen molar-refractivity contribution in [3.05, 3.63) is 41.7 Å². The first kappa shape index (κ1) is 22.3. The third-order valence-corrected chi connectivity index (χ3v) is 6.86. The number of ether oxygens (including phenoxy) is 2. The molecule has 2 aliphatic rings. The van der Waals surface area contributed by atoms with Crippen LogP contribution in [0, 0.1) is 23.5 Å². The molecule has 162 valence electrons. The normalized spacial score (nSPS) is 28.0. The molecule has 0 saturated heterocycles. The molecule has 3 rings (SSSR count). The van der Waals surface area contributed by atoms with Crippen molar-refractivity contribution in [2.45, 2.75) is 90.1 Å².